The maximum Gasteiger partial charge on any atom is 0.193 e. The van der Waals surface area contributed by atoms with Gasteiger partial charge in [-0.05, 0) is 42.9 Å². The molecule has 3 rings (SSSR count). The summed E-state index contributed by atoms with van der Waals surface area (Å²) in [7, 11) is 1.69. The largest absolute Gasteiger partial charge is 0.380 e. The van der Waals surface area contributed by atoms with Crippen molar-refractivity contribution >= 4 is 35.6 Å². The first-order valence-corrected chi connectivity index (χ1v) is 8.40. The highest BCUT2D eigenvalue weighted by Gasteiger charge is 2.31. The summed E-state index contributed by atoms with van der Waals surface area (Å²) in [6.07, 6.45) is 2.12. The van der Waals surface area contributed by atoms with Crippen molar-refractivity contribution in [1.29, 1.82) is 0 Å². The highest BCUT2D eigenvalue weighted by molar-refractivity contribution is 14.0. The van der Waals surface area contributed by atoms with Crippen molar-refractivity contribution in [2.75, 3.05) is 12.4 Å². The monoisotopic (exact) mass is 451 g/mol. The van der Waals surface area contributed by atoms with E-state index in [1.807, 2.05) is 24.3 Å². The molecule has 1 aliphatic carbocycles. The molecule has 0 heterocycles. The molecular formula is C20H26IN3O. The first kappa shape index (κ1) is 19.7. The van der Waals surface area contributed by atoms with Crippen molar-refractivity contribution in [1.82, 2.24) is 0 Å². The first-order chi connectivity index (χ1) is 11.7. The summed E-state index contributed by atoms with van der Waals surface area (Å²) in [5.74, 6) is 1.08. The predicted octanol–water partition coefficient (Wildman–Crippen LogP) is 4.43. The Hall–Kier alpha value is -1.60. The van der Waals surface area contributed by atoms with E-state index in [9.17, 15) is 0 Å². The summed E-state index contributed by atoms with van der Waals surface area (Å²) in [6.45, 7) is 2.73. The maximum absolute atomic E-state index is 6.09. The number of methoxy groups -OCH3 is 1. The Kier molecular flexibility index (Phi) is 7.25. The van der Waals surface area contributed by atoms with Crippen LogP contribution < -0.4 is 11.1 Å². The van der Waals surface area contributed by atoms with Crippen molar-refractivity contribution < 1.29 is 4.74 Å². The fourth-order valence-electron chi connectivity index (χ4n) is 3.28. The number of aryl methyl sites for hydroxylation is 1. The summed E-state index contributed by atoms with van der Waals surface area (Å²) in [6, 6.07) is 16.9. The molecule has 3 N–H and O–H groups in total. The minimum Gasteiger partial charge on any atom is -0.380 e. The molecule has 0 aromatic heterocycles. The number of nitrogens with one attached hydrogen (secondary N) is 1. The van der Waals surface area contributed by atoms with Crippen LogP contribution in [0.25, 0.3) is 0 Å². The molecule has 0 spiro atoms. The van der Waals surface area contributed by atoms with E-state index in [0.29, 0.717) is 24.5 Å². The molecule has 134 valence electrons. The Morgan fingerprint density at radius 1 is 1.16 bits per heavy atom. The van der Waals surface area contributed by atoms with Gasteiger partial charge in [0.1, 0.15) is 0 Å². The van der Waals surface area contributed by atoms with E-state index < -0.39 is 0 Å². The molecule has 0 bridgehead atoms. The highest BCUT2D eigenvalue weighted by atomic mass is 127. The molecule has 1 fully saturated rings. The Bertz CT molecular complexity index is 726. The Balaban J connectivity index is 0.00000225. The van der Waals surface area contributed by atoms with Crippen LogP contribution in [0.5, 0.6) is 0 Å². The molecule has 4 nitrogen and oxygen atoms in total. The number of aliphatic imine (C=N–C) groups is 1. The number of nitrogens with zero attached hydrogens (tertiary/aromatic N) is 1. The van der Waals surface area contributed by atoms with Gasteiger partial charge < -0.3 is 15.8 Å². The molecule has 0 amide bonds. The van der Waals surface area contributed by atoms with E-state index in [1.54, 1.807) is 7.11 Å². The zero-order valence-electron chi connectivity index (χ0n) is 14.7. The smallest absolute Gasteiger partial charge is 0.193 e. The Morgan fingerprint density at radius 2 is 1.84 bits per heavy atom. The maximum atomic E-state index is 6.09. The quantitative estimate of drug-likeness (QED) is 0.402. The van der Waals surface area contributed by atoms with Crippen molar-refractivity contribution in [3.05, 3.63) is 65.2 Å². The van der Waals surface area contributed by atoms with Crippen LogP contribution in [-0.4, -0.2) is 19.1 Å². The SMILES string of the molecule is COCc1ccccc1NC(N)=NC1CC(c2ccccc2C)C1.I. The molecule has 1 saturated carbocycles. The van der Waals surface area contributed by atoms with Crippen LogP contribution in [0.1, 0.15) is 35.4 Å². The number of hydrogen-bond acceptors (Lipinski definition) is 2. The molecule has 0 unspecified atom stereocenters. The third kappa shape index (κ3) is 4.95. The van der Waals surface area contributed by atoms with E-state index in [-0.39, 0.29) is 24.0 Å². The van der Waals surface area contributed by atoms with Gasteiger partial charge in [0.25, 0.3) is 0 Å². The second-order valence-electron chi connectivity index (χ2n) is 6.41. The molecule has 2 aromatic carbocycles. The number of ether oxygens (including phenoxy) is 1. The van der Waals surface area contributed by atoms with Crippen LogP contribution in [0.4, 0.5) is 5.69 Å². The van der Waals surface area contributed by atoms with Gasteiger partial charge in [0, 0.05) is 18.4 Å². The van der Waals surface area contributed by atoms with Crippen LogP contribution in [0.3, 0.4) is 0 Å². The number of hydrogen-bond donors (Lipinski definition) is 2. The van der Waals surface area contributed by atoms with Crippen molar-refractivity contribution in [3.63, 3.8) is 0 Å². The molecule has 25 heavy (non-hydrogen) atoms. The zero-order chi connectivity index (χ0) is 16.9. The molecule has 1 aliphatic rings. The lowest BCUT2D eigenvalue weighted by Crippen LogP contribution is -2.31. The number of guanidine groups is 1. The lowest BCUT2D eigenvalue weighted by molar-refractivity contribution is 0.185. The van der Waals surface area contributed by atoms with Crippen molar-refractivity contribution in [3.8, 4) is 0 Å². The van der Waals surface area contributed by atoms with Crippen LogP contribution in [0, 0.1) is 6.92 Å². The van der Waals surface area contributed by atoms with Crippen molar-refractivity contribution in [2.24, 2.45) is 10.7 Å². The fourth-order valence-corrected chi connectivity index (χ4v) is 3.28. The lowest BCUT2D eigenvalue weighted by Gasteiger charge is -2.34. The normalized spacial score (nSPS) is 19.7. The van der Waals surface area contributed by atoms with Gasteiger partial charge in [-0.2, -0.15) is 0 Å². The van der Waals surface area contributed by atoms with E-state index >= 15 is 0 Å². The second kappa shape index (κ2) is 9.20. The van der Waals surface area contributed by atoms with Crippen LogP contribution in [0.15, 0.2) is 53.5 Å². The average Bonchev–Trinajstić information content (AvgIpc) is 2.54. The molecule has 0 saturated heterocycles. The molecule has 0 radical (unpaired) electrons. The summed E-state index contributed by atoms with van der Waals surface area (Å²) < 4.78 is 5.22. The number of para-hydroxylation sites is 1. The van der Waals surface area contributed by atoms with Crippen molar-refractivity contribution in [2.45, 2.75) is 38.3 Å². The summed E-state index contributed by atoms with van der Waals surface area (Å²) in [4.78, 5) is 4.63. The highest BCUT2D eigenvalue weighted by Crippen LogP contribution is 2.40. The van der Waals surface area contributed by atoms with Crippen LogP contribution in [0.2, 0.25) is 0 Å². The zero-order valence-corrected chi connectivity index (χ0v) is 17.1. The van der Waals surface area contributed by atoms with Gasteiger partial charge in [-0.1, -0.05) is 42.5 Å². The Labute approximate surface area is 166 Å². The minimum absolute atomic E-state index is 0. The first-order valence-electron chi connectivity index (χ1n) is 8.40. The summed E-state index contributed by atoms with van der Waals surface area (Å²) >= 11 is 0. The van der Waals surface area contributed by atoms with E-state index in [4.69, 9.17) is 10.5 Å². The van der Waals surface area contributed by atoms with Gasteiger partial charge >= 0.3 is 0 Å². The number of halogens is 1. The number of nitrogens with two attached hydrogens (primary N) is 1. The molecular weight excluding hydrogens is 425 g/mol. The van der Waals surface area contributed by atoms with E-state index in [0.717, 1.165) is 24.1 Å². The second-order valence-corrected chi connectivity index (χ2v) is 6.41. The molecule has 0 aliphatic heterocycles. The number of rotatable bonds is 5. The Morgan fingerprint density at radius 3 is 2.56 bits per heavy atom. The molecule has 2 aromatic rings. The van der Waals surface area contributed by atoms with E-state index in [1.165, 1.54) is 11.1 Å². The number of anilines is 1. The third-order valence-corrected chi connectivity index (χ3v) is 4.64. The summed E-state index contributed by atoms with van der Waals surface area (Å²) in [5.41, 5.74) is 10.9. The third-order valence-electron chi connectivity index (χ3n) is 4.64. The molecule has 0 atom stereocenters. The topological polar surface area (TPSA) is 59.6 Å². The van der Waals surface area contributed by atoms with Crippen LogP contribution in [-0.2, 0) is 11.3 Å². The average molecular weight is 451 g/mol. The van der Waals surface area contributed by atoms with Gasteiger partial charge in [-0.15, -0.1) is 24.0 Å². The number of benzene rings is 2. The van der Waals surface area contributed by atoms with Gasteiger partial charge in [0.2, 0.25) is 0 Å². The standard InChI is InChI=1S/C20H25N3O.HI/c1-14-7-3-5-9-18(14)16-11-17(12-16)22-20(21)23-19-10-6-4-8-15(19)13-24-2;/h3-10,16-17H,11-13H2,1-2H3,(H3,21,22,23);1H. The van der Waals surface area contributed by atoms with Gasteiger partial charge in [-0.25, -0.2) is 4.99 Å². The van der Waals surface area contributed by atoms with E-state index in [2.05, 4.69) is 41.5 Å². The van der Waals surface area contributed by atoms with Gasteiger partial charge in [0.15, 0.2) is 5.96 Å². The minimum atomic E-state index is 0. The molecule has 5 heteroatoms. The lowest BCUT2D eigenvalue weighted by atomic mass is 9.75. The predicted molar refractivity (Wildman–Crippen MR) is 115 cm³/mol. The van der Waals surface area contributed by atoms with Crippen LogP contribution >= 0.6 is 24.0 Å². The summed E-state index contributed by atoms with van der Waals surface area (Å²) in [5, 5.41) is 3.21. The van der Waals surface area contributed by atoms with Gasteiger partial charge in [0.05, 0.1) is 12.6 Å². The fraction of sp³-hybridized carbons (Fsp3) is 0.350. The van der Waals surface area contributed by atoms with Gasteiger partial charge in [-0.3, -0.25) is 0 Å².